The Hall–Kier alpha value is -0.660. The molecule has 0 unspecified atom stereocenters. The highest BCUT2D eigenvalue weighted by atomic mass is 15.1. The molecule has 7 heavy (non-hydrogen) atoms. The molecule has 2 heteroatoms. The maximum atomic E-state index is 3.73. The van der Waals surface area contributed by atoms with Crippen LogP contribution in [0, 0.1) is 0 Å². The van der Waals surface area contributed by atoms with Gasteiger partial charge in [-0.2, -0.15) is 10.2 Å². The van der Waals surface area contributed by atoms with Gasteiger partial charge in [0.15, 0.2) is 0 Å². The van der Waals surface area contributed by atoms with Gasteiger partial charge in [-0.05, 0) is 13.8 Å². The first kappa shape index (κ1) is 6.34. The molecule has 0 rings (SSSR count). The topological polar surface area (TPSA) is 24.7 Å². The van der Waals surface area contributed by atoms with Crippen LogP contribution in [0.3, 0.4) is 0 Å². The Labute approximate surface area is 44.0 Å². The Balaban J connectivity index is 3.58. The molecule has 40 valence electrons. The van der Waals surface area contributed by atoms with Gasteiger partial charge >= 0.3 is 0 Å². The number of nitrogens with zero attached hydrogens (tertiary/aromatic N) is 2. The van der Waals surface area contributed by atoms with Crippen LogP contribution < -0.4 is 0 Å². The van der Waals surface area contributed by atoms with Gasteiger partial charge in [-0.25, -0.2) is 0 Å². The van der Waals surface area contributed by atoms with E-state index >= 15 is 0 Å². The molecule has 0 aromatic rings. The SMILES string of the molecule is C/C=C(C)\N=N\C. The van der Waals surface area contributed by atoms with Crippen molar-refractivity contribution in [2.75, 3.05) is 7.05 Å². The summed E-state index contributed by atoms with van der Waals surface area (Å²) < 4.78 is 0. The fraction of sp³-hybridized carbons (Fsp3) is 0.600. The Morgan fingerprint density at radius 3 is 2.29 bits per heavy atom. The summed E-state index contributed by atoms with van der Waals surface area (Å²) in [6.07, 6.45) is 1.91. The molecule has 0 saturated carbocycles. The quantitative estimate of drug-likeness (QED) is 0.448. The Morgan fingerprint density at radius 1 is 1.57 bits per heavy atom. The van der Waals surface area contributed by atoms with Crippen molar-refractivity contribution in [1.82, 2.24) is 0 Å². The maximum Gasteiger partial charge on any atom is 0.0552 e. The minimum absolute atomic E-state index is 0.961. The van der Waals surface area contributed by atoms with E-state index in [-0.39, 0.29) is 0 Å². The molecule has 0 bridgehead atoms. The zero-order valence-electron chi connectivity index (χ0n) is 4.97. The van der Waals surface area contributed by atoms with E-state index in [4.69, 9.17) is 0 Å². The van der Waals surface area contributed by atoms with Crippen molar-refractivity contribution in [2.24, 2.45) is 10.2 Å². The second kappa shape index (κ2) is 3.53. The second-order valence-corrected chi connectivity index (χ2v) is 1.23. The number of hydrogen-bond donors (Lipinski definition) is 0. The van der Waals surface area contributed by atoms with Crippen LogP contribution in [0.2, 0.25) is 0 Å². The van der Waals surface area contributed by atoms with E-state index in [1.165, 1.54) is 0 Å². The Bertz CT molecular complexity index is 92.3. The first-order valence-corrected chi connectivity index (χ1v) is 2.24. The largest absolute Gasteiger partial charge is 0.192 e. The molecule has 2 nitrogen and oxygen atoms in total. The van der Waals surface area contributed by atoms with Crippen LogP contribution in [0.5, 0.6) is 0 Å². The van der Waals surface area contributed by atoms with E-state index in [9.17, 15) is 0 Å². The van der Waals surface area contributed by atoms with Crippen molar-refractivity contribution >= 4 is 0 Å². The van der Waals surface area contributed by atoms with E-state index in [1.807, 2.05) is 19.9 Å². The highest BCUT2D eigenvalue weighted by Gasteiger charge is 1.72. The molecule has 0 spiro atoms. The van der Waals surface area contributed by atoms with E-state index < -0.39 is 0 Å². The van der Waals surface area contributed by atoms with Crippen LogP contribution in [-0.2, 0) is 0 Å². The lowest BCUT2D eigenvalue weighted by atomic mass is 10.5. The first-order chi connectivity index (χ1) is 3.31. The van der Waals surface area contributed by atoms with Crippen LogP contribution in [0.4, 0.5) is 0 Å². The highest BCUT2D eigenvalue weighted by molar-refractivity contribution is 4.90. The zero-order chi connectivity index (χ0) is 5.70. The van der Waals surface area contributed by atoms with Crippen LogP contribution >= 0.6 is 0 Å². The summed E-state index contributed by atoms with van der Waals surface area (Å²) in [5.74, 6) is 0. The lowest BCUT2D eigenvalue weighted by molar-refractivity contribution is 1.08. The Morgan fingerprint density at radius 2 is 2.14 bits per heavy atom. The van der Waals surface area contributed by atoms with Crippen molar-refractivity contribution in [1.29, 1.82) is 0 Å². The van der Waals surface area contributed by atoms with E-state index in [0.29, 0.717) is 0 Å². The third-order valence-corrected chi connectivity index (χ3v) is 0.676. The van der Waals surface area contributed by atoms with Gasteiger partial charge in [0.2, 0.25) is 0 Å². The van der Waals surface area contributed by atoms with Crippen molar-refractivity contribution in [3.63, 3.8) is 0 Å². The predicted octanol–water partition coefficient (Wildman–Crippen LogP) is 1.99. The van der Waals surface area contributed by atoms with Gasteiger partial charge in [0.1, 0.15) is 0 Å². The minimum atomic E-state index is 0.961. The fourth-order valence-electron chi connectivity index (χ4n) is 0.215. The molecule has 0 radical (unpaired) electrons. The van der Waals surface area contributed by atoms with Crippen molar-refractivity contribution in [2.45, 2.75) is 13.8 Å². The lowest BCUT2D eigenvalue weighted by Crippen LogP contribution is -1.60. The summed E-state index contributed by atoms with van der Waals surface area (Å²) in [6, 6.07) is 0. The van der Waals surface area contributed by atoms with E-state index in [0.717, 1.165) is 5.70 Å². The second-order valence-electron chi connectivity index (χ2n) is 1.23. The van der Waals surface area contributed by atoms with Gasteiger partial charge in [-0.3, -0.25) is 0 Å². The molecular weight excluding hydrogens is 88.1 g/mol. The molecule has 0 atom stereocenters. The van der Waals surface area contributed by atoms with Gasteiger partial charge in [-0.15, -0.1) is 0 Å². The van der Waals surface area contributed by atoms with Crippen LogP contribution in [-0.4, -0.2) is 7.05 Å². The average molecular weight is 98.1 g/mol. The predicted molar refractivity (Wildman–Crippen MR) is 30.2 cm³/mol. The molecule has 0 N–H and O–H groups in total. The van der Waals surface area contributed by atoms with Crippen molar-refractivity contribution < 1.29 is 0 Å². The molecule has 0 amide bonds. The zero-order valence-corrected chi connectivity index (χ0v) is 4.97. The summed E-state index contributed by atoms with van der Waals surface area (Å²) in [5.41, 5.74) is 0.961. The summed E-state index contributed by atoms with van der Waals surface area (Å²) in [4.78, 5) is 0. The van der Waals surface area contributed by atoms with Gasteiger partial charge < -0.3 is 0 Å². The Kier molecular flexibility index (Phi) is 3.19. The maximum absolute atomic E-state index is 3.73. The average Bonchev–Trinajstić information content (AvgIpc) is 1.68. The number of azo groups is 1. The molecule has 0 fully saturated rings. The van der Waals surface area contributed by atoms with Gasteiger partial charge in [0.05, 0.1) is 5.70 Å². The molecule has 0 aliphatic rings. The summed E-state index contributed by atoms with van der Waals surface area (Å²) in [7, 11) is 1.66. The van der Waals surface area contributed by atoms with Crippen LogP contribution in [0.15, 0.2) is 22.0 Å². The van der Waals surface area contributed by atoms with Gasteiger partial charge in [0, 0.05) is 7.05 Å². The van der Waals surface area contributed by atoms with Gasteiger partial charge in [0.25, 0.3) is 0 Å². The number of hydrogen-bond acceptors (Lipinski definition) is 2. The molecule has 0 aliphatic heterocycles. The van der Waals surface area contributed by atoms with Gasteiger partial charge in [-0.1, -0.05) is 6.08 Å². The normalized spacial score (nSPS) is 13.3. The third kappa shape index (κ3) is 3.16. The molecule has 0 aliphatic carbocycles. The first-order valence-electron chi connectivity index (χ1n) is 2.24. The van der Waals surface area contributed by atoms with Crippen molar-refractivity contribution in [3.05, 3.63) is 11.8 Å². The smallest absolute Gasteiger partial charge is 0.0552 e. The summed E-state index contributed by atoms with van der Waals surface area (Å²) in [5, 5.41) is 7.29. The molecule has 0 saturated heterocycles. The number of allylic oxidation sites excluding steroid dienone is 2. The van der Waals surface area contributed by atoms with Crippen molar-refractivity contribution in [3.8, 4) is 0 Å². The number of rotatable bonds is 1. The molecular formula is C5H10N2. The third-order valence-electron chi connectivity index (χ3n) is 0.676. The van der Waals surface area contributed by atoms with E-state index in [2.05, 4.69) is 10.2 Å². The standard InChI is InChI=1S/C5H10N2/c1-4-5(2)7-6-3/h4H,1-3H3/b5-4-,7-6+. The monoisotopic (exact) mass is 98.1 g/mol. The van der Waals surface area contributed by atoms with E-state index in [1.54, 1.807) is 7.05 Å². The minimum Gasteiger partial charge on any atom is -0.192 e. The molecule has 0 aromatic carbocycles. The van der Waals surface area contributed by atoms with Crippen LogP contribution in [0.25, 0.3) is 0 Å². The highest BCUT2D eigenvalue weighted by Crippen LogP contribution is 1.91. The summed E-state index contributed by atoms with van der Waals surface area (Å²) >= 11 is 0. The fourth-order valence-corrected chi connectivity index (χ4v) is 0.215. The molecule has 0 heterocycles. The van der Waals surface area contributed by atoms with Crippen LogP contribution in [0.1, 0.15) is 13.8 Å². The lowest BCUT2D eigenvalue weighted by Gasteiger charge is -1.80. The summed E-state index contributed by atoms with van der Waals surface area (Å²) in [6.45, 7) is 3.84. The molecule has 0 aromatic heterocycles.